The molecule has 0 radical (unpaired) electrons. The summed E-state index contributed by atoms with van der Waals surface area (Å²) in [6.45, 7) is 5.65. The zero-order chi connectivity index (χ0) is 10.4. The van der Waals surface area contributed by atoms with Crippen molar-refractivity contribution in [2.45, 2.75) is 32.2 Å². The van der Waals surface area contributed by atoms with E-state index in [-0.39, 0.29) is 5.91 Å². The Hall–Kier alpha value is -0.610. The minimum Gasteiger partial charge on any atom is -0.356 e. The van der Waals surface area contributed by atoms with Gasteiger partial charge in [0.15, 0.2) is 0 Å². The zero-order valence-corrected chi connectivity index (χ0v) is 8.96. The summed E-state index contributed by atoms with van der Waals surface area (Å²) in [5.41, 5.74) is 5.81. The van der Waals surface area contributed by atoms with E-state index in [1.165, 1.54) is 0 Å². The number of carbonyl (C=O) groups excluding carboxylic acids is 1. The van der Waals surface area contributed by atoms with E-state index in [9.17, 15) is 4.79 Å². The molecule has 0 bridgehead atoms. The molecule has 1 fully saturated rings. The third-order valence-corrected chi connectivity index (χ3v) is 2.66. The van der Waals surface area contributed by atoms with Crippen molar-refractivity contribution >= 4 is 5.91 Å². The Labute approximate surface area is 85.8 Å². The van der Waals surface area contributed by atoms with Crippen molar-refractivity contribution < 1.29 is 4.79 Å². The highest BCUT2D eigenvalue weighted by atomic mass is 16.1. The predicted octanol–water partition coefficient (Wildman–Crippen LogP) is -0.0643. The Morgan fingerprint density at radius 1 is 1.50 bits per heavy atom. The number of rotatable bonds is 4. The summed E-state index contributed by atoms with van der Waals surface area (Å²) in [5.74, 6) is 0.0608. The van der Waals surface area contributed by atoms with E-state index in [0.29, 0.717) is 6.04 Å². The van der Waals surface area contributed by atoms with Crippen LogP contribution in [0.15, 0.2) is 0 Å². The van der Waals surface area contributed by atoms with Gasteiger partial charge in [-0.15, -0.1) is 0 Å². The van der Waals surface area contributed by atoms with Crippen LogP contribution in [-0.4, -0.2) is 43.0 Å². The Bertz CT molecular complexity index is 176. The molecule has 1 heterocycles. The Morgan fingerprint density at radius 2 is 2.14 bits per heavy atom. The van der Waals surface area contributed by atoms with Gasteiger partial charge in [0.2, 0.25) is 5.91 Å². The number of nitrogens with one attached hydrogen (secondary N) is 1. The molecule has 0 unspecified atom stereocenters. The Balaban J connectivity index is 1.99. The first-order chi connectivity index (χ1) is 6.68. The molecule has 0 atom stereocenters. The van der Waals surface area contributed by atoms with Gasteiger partial charge in [-0.25, -0.2) is 0 Å². The van der Waals surface area contributed by atoms with E-state index < -0.39 is 0 Å². The second-order valence-corrected chi connectivity index (χ2v) is 4.02. The van der Waals surface area contributed by atoms with Gasteiger partial charge in [0.25, 0.3) is 0 Å². The summed E-state index contributed by atoms with van der Waals surface area (Å²) in [6, 6.07) is 0.404. The molecular formula is C10H21N3O. The van der Waals surface area contributed by atoms with Crippen LogP contribution in [0, 0.1) is 0 Å². The van der Waals surface area contributed by atoms with E-state index in [1.54, 1.807) is 6.92 Å². The predicted molar refractivity (Wildman–Crippen MR) is 57.0 cm³/mol. The Morgan fingerprint density at radius 3 is 2.71 bits per heavy atom. The van der Waals surface area contributed by atoms with Gasteiger partial charge in [-0.3, -0.25) is 4.79 Å². The average Bonchev–Trinajstić information content (AvgIpc) is 2.15. The van der Waals surface area contributed by atoms with Crippen LogP contribution in [0.2, 0.25) is 0 Å². The molecule has 1 saturated heterocycles. The molecular weight excluding hydrogens is 178 g/mol. The van der Waals surface area contributed by atoms with Gasteiger partial charge in [-0.1, -0.05) is 0 Å². The molecule has 0 aromatic heterocycles. The van der Waals surface area contributed by atoms with Gasteiger partial charge in [0.05, 0.1) is 0 Å². The molecule has 0 aromatic carbocycles. The number of hydrogen-bond donors (Lipinski definition) is 2. The molecule has 0 spiro atoms. The summed E-state index contributed by atoms with van der Waals surface area (Å²) in [7, 11) is 0. The van der Waals surface area contributed by atoms with Crippen LogP contribution in [0.25, 0.3) is 0 Å². The maximum atomic E-state index is 10.6. The highest BCUT2D eigenvalue weighted by Gasteiger charge is 2.14. The second-order valence-electron chi connectivity index (χ2n) is 4.02. The van der Waals surface area contributed by atoms with Gasteiger partial charge in [0.1, 0.15) is 0 Å². The van der Waals surface area contributed by atoms with Gasteiger partial charge >= 0.3 is 0 Å². The molecule has 4 nitrogen and oxygen atoms in total. The number of amides is 1. The molecule has 1 amide bonds. The van der Waals surface area contributed by atoms with Crippen LogP contribution in [0.4, 0.5) is 0 Å². The van der Waals surface area contributed by atoms with Crippen LogP contribution in [-0.2, 0) is 4.79 Å². The summed E-state index contributed by atoms with van der Waals surface area (Å²) in [6.07, 6.45) is 3.26. The van der Waals surface area contributed by atoms with Crippen molar-refractivity contribution in [3.63, 3.8) is 0 Å². The molecule has 82 valence electrons. The van der Waals surface area contributed by atoms with Crippen molar-refractivity contribution in [1.29, 1.82) is 0 Å². The second kappa shape index (κ2) is 5.98. The maximum Gasteiger partial charge on any atom is 0.216 e. The fraction of sp³-hybridized carbons (Fsp3) is 0.900. The molecule has 0 aliphatic carbocycles. The molecule has 1 aliphatic heterocycles. The smallest absolute Gasteiger partial charge is 0.216 e. The maximum absolute atomic E-state index is 10.6. The minimum absolute atomic E-state index is 0.0608. The fourth-order valence-corrected chi connectivity index (χ4v) is 1.74. The molecule has 1 aliphatic rings. The lowest BCUT2D eigenvalue weighted by Gasteiger charge is -2.29. The molecule has 0 aromatic rings. The lowest BCUT2D eigenvalue weighted by atomic mass is 10.1. The lowest BCUT2D eigenvalue weighted by Crippen LogP contribution is -2.40. The van der Waals surface area contributed by atoms with E-state index in [0.717, 1.165) is 45.4 Å². The number of hydrogen-bond acceptors (Lipinski definition) is 3. The summed E-state index contributed by atoms with van der Waals surface area (Å²) < 4.78 is 0. The topological polar surface area (TPSA) is 58.4 Å². The monoisotopic (exact) mass is 199 g/mol. The van der Waals surface area contributed by atoms with E-state index in [2.05, 4.69) is 10.2 Å². The highest BCUT2D eigenvalue weighted by molar-refractivity contribution is 5.72. The van der Waals surface area contributed by atoms with E-state index in [4.69, 9.17) is 5.73 Å². The van der Waals surface area contributed by atoms with Crippen LogP contribution in [0.3, 0.4) is 0 Å². The Kier molecular flexibility index (Phi) is 4.90. The first kappa shape index (κ1) is 11.5. The average molecular weight is 199 g/mol. The normalized spacial score (nSPS) is 19.6. The van der Waals surface area contributed by atoms with Gasteiger partial charge in [-0.2, -0.15) is 0 Å². The van der Waals surface area contributed by atoms with Crippen LogP contribution < -0.4 is 11.1 Å². The van der Waals surface area contributed by atoms with Crippen molar-refractivity contribution in [3.8, 4) is 0 Å². The van der Waals surface area contributed by atoms with E-state index >= 15 is 0 Å². The van der Waals surface area contributed by atoms with Crippen LogP contribution in [0.1, 0.15) is 26.2 Å². The first-order valence-electron chi connectivity index (χ1n) is 5.41. The fourth-order valence-electron chi connectivity index (χ4n) is 1.74. The first-order valence-corrected chi connectivity index (χ1v) is 5.41. The molecule has 14 heavy (non-hydrogen) atoms. The molecule has 0 saturated carbocycles. The van der Waals surface area contributed by atoms with Crippen molar-refractivity contribution in [2.75, 3.05) is 26.2 Å². The van der Waals surface area contributed by atoms with Gasteiger partial charge in [-0.05, 0) is 38.9 Å². The largest absolute Gasteiger partial charge is 0.356 e. The van der Waals surface area contributed by atoms with Crippen molar-refractivity contribution in [2.24, 2.45) is 5.73 Å². The minimum atomic E-state index is 0.0608. The third kappa shape index (κ3) is 4.58. The summed E-state index contributed by atoms with van der Waals surface area (Å²) in [5, 5.41) is 2.80. The number of carbonyl (C=O) groups is 1. The van der Waals surface area contributed by atoms with E-state index in [1.807, 2.05) is 0 Å². The molecule has 1 rings (SSSR count). The summed E-state index contributed by atoms with van der Waals surface area (Å²) in [4.78, 5) is 13.0. The number of piperidine rings is 1. The summed E-state index contributed by atoms with van der Waals surface area (Å²) >= 11 is 0. The SMILES string of the molecule is CC(=O)NCCCN1CCC(N)CC1. The van der Waals surface area contributed by atoms with Crippen LogP contribution >= 0.6 is 0 Å². The lowest BCUT2D eigenvalue weighted by molar-refractivity contribution is -0.118. The van der Waals surface area contributed by atoms with Gasteiger partial charge < -0.3 is 16.0 Å². The standard InChI is InChI=1S/C10H21N3O/c1-9(14)12-5-2-6-13-7-3-10(11)4-8-13/h10H,2-8,11H2,1H3,(H,12,14). The molecule has 4 heteroatoms. The van der Waals surface area contributed by atoms with Crippen LogP contribution in [0.5, 0.6) is 0 Å². The third-order valence-electron chi connectivity index (χ3n) is 2.66. The number of nitrogens with zero attached hydrogens (tertiary/aromatic N) is 1. The van der Waals surface area contributed by atoms with Crippen molar-refractivity contribution in [3.05, 3.63) is 0 Å². The number of likely N-dealkylation sites (tertiary alicyclic amines) is 1. The quantitative estimate of drug-likeness (QED) is 0.623. The zero-order valence-electron chi connectivity index (χ0n) is 8.96. The van der Waals surface area contributed by atoms with Crippen molar-refractivity contribution in [1.82, 2.24) is 10.2 Å². The number of nitrogens with two attached hydrogens (primary N) is 1. The highest BCUT2D eigenvalue weighted by Crippen LogP contribution is 2.07. The molecule has 3 N–H and O–H groups in total. The van der Waals surface area contributed by atoms with Gasteiger partial charge in [0, 0.05) is 19.5 Å².